The molecule has 4 nitrogen and oxygen atoms in total. The second-order valence-corrected chi connectivity index (χ2v) is 5.59. The molecule has 0 saturated carbocycles. The second kappa shape index (κ2) is 6.97. The van der Waals surface area contributed by atoms with Crippen molar-refractivity contribution < 1.29 is 9.90 Å². The smallest absolute Gasteiger partial charge is 0.307 e. The molecule has 17 heavy (non-hydrogen) atoms. The molecule has 4 heteroatoms. The fourth-order valence-corrected chi connectivity index (χ4v) is 2.37. The highest BCUT2D eigenvalue weighted by atomic mass is 16.4. The van der Waals surface area contributed by atoms with E-state index in [9.17, 15) is 4.79 Å². The molecule has 1 unspecified atom stereocenters. The van der Waals surface area contributed by atoms with Crippen molar-refractivity contribution in [3.05, 3.63) is 0 Å². The number of carbonyl (C=O) groups is 1. The van der Waals surface area contributed by atoms with E-state index in [1.807, 2.05) is 0 Å². The third kappa shape index (κ3) is 5.50. The summed E-state index contributed by atoms with van der Waals surface area (Å²) in [5.74, 6) is -0.237. The molecule has 0 aromatic rings. The van der Waals surface area contributed by atoms with Gasteiger partial charge in [0, 0.05) is 26.2 Å². The first-order valence-corrected chi connectivity index (χ1v) is 6.66. The molecule has 0 bridgehead atoms. The van der Waals surface area contributed by atoms with Crippen LogP contribution in [0.5, 0.6) is 0 Å². The number of nitrogens with zero attached hydrogens (tertiary/aromatic N) is 2. The van der Waals surface area contributed by atoms with E-state index in [4.69, 9.17) is 5.11 Å². The van der Waals surface area contributed by atoms with Gasteiger partial charge in [0.1, 0.15) is 0 Å². The lowest BCUT2D eigenvalue weighted by molar-refractivity contribution is -0.141. The Morgan fingerprint density at radius 3 is 2.06 bits per heavy atom. The van der Waals surface area contributed by atoms with E-state index >= 15 is 0 Å². The van der Waals surface area contributed by atoms with Gasteiger partial charge in [-0.1, -0.05) is 20.8 Å². The fourth-order valence-electron chi connectivity index (χ4n) is 2.37. The van der Waals surface area contributed by atoms with Crippen LogP contribution in [-0.2, 0) is 4.79 Å². The Morgan fingerprint density at radius 2 is 1.59 bits per heavy atom. The predicted octanol–water partition coefficient (Wildman–Crippen LogP) is 1.37. The summed E-state index contributed by atoms with van der Waals surface area (Å²) in [6.45, 7) is 12.4. The lowest BCUT2D eigenvalue weighted by atomic mass is 10.1. The SMILES string of the molecule is CC(C)CN1CCCN(CC(C)C(=O)O)CC1. The molecular weight excluding hydrogens is 216 g/mol. The maximum Gasteiger partial charge on any atom is 0.307 e. The summed E-state index contributed by atoms with van der Waals surface area (Å²) in [6.07, 6.45) is 1.15. The van der Waals surface area contributed by atoms with Gasteiger partial charge in [-0.2, -0.15) is 0 Å². The topological polar surface area (TPSA) is 43.8 Å². The van der Waals surface area contributed by atoms with Crippen molar-refractivity contribution >= 4 is 5.97 Å². The number of carboxylic acid groups (broad SMARTS) is 1. The van der Waals surface area contributed by atoms with Crippen LogP contribution in [0.2, 0.25) is 0 Å². The van der Waals surface area contributed by atoms with Crippen LogP contribution in [0, 0.1) is 11.8 Å². The zero-order valence-corrected chi connectivity index (χ0v) is 11.4. The Labute approximate surface area is 105 Å². The van der Waals surface area contributed by atoms with Crippen molar-refractivity contribution in [3.63, 3.8) is 0 Å². The summed E-state index contributed by atoms with van der Waals surface area (Å²) in [6, 6.07) is 0. The molecule has 0 radical (unpaired) electrons. The number of hydrogen-bond acceptors (Lipinski definition) is 3. The van der Waals surface area contributed by atoms with Gasteiger partial charge in [-0.15, -0.1) is 0 Å². The monoisotopic (exact) mass is 242 g/mol. The first kappa shape index (κ1) is 14.5. The first-order valence-electron chi connectivity index (χ1n) is 6.66. The molecule has 100 valence electrons. The summed E-state index contributed by atoms with van der Waals surface area (Å²) in [4.78, 5) is 15.6. The molecule has 0 spiro atoms. The van der Waals surface area contributed by atoms with Crippen LogP contribution >= 0.6 is 0 Å². The van der Waals surface area contributed by atoms with E-state index in [0.29, 0.717) is 12.5 Å². The second-order valence-electron chi connectivity index (χ2n) is 5.59. The van der Waals surface area contributed by atoms with Gasteiger partial charge in [0.05, 0.1) is 5.92 Å². The van der Waals surface area contributed by atoms with Crippen molar-refractivity contribution in [2.75, 3.05) is 39.3 Å². The third-order valence-corrected chi connectivity index (χ3v) is 3.26. The summed E-state index contributed by atoms with van der Waals surface area (Å²) in [5.41, 5.74) is 0. The Kier molecular flexibility index (Phi) is 5.92. The normalized spacial score (nSPS) is 21.4. The van der Waals surface area contributed by atoms with Gasteiger partial charge in [-0.05, 0) is 25.4 Å². The number of carboxylic acids is 1. The Morgan fingerprint density at radius 1 is 1.06 bits per heavy atom. The Balaban J connectivity index is 2.34. The van der Waals surface area contributed by atoms with E-state index in [-0.39, 0.29) is 5.92 Å². The first-order chi connectivity index (χ1) is 7.99. The molecule has 0 aliphatic carbocycles. The molecule has 1 aliphatic rings. The zero-order valence-electron chi connectivity index (χ0n) is 11.4. The van der Waals surface area contributed by atoms with E-state index in [0.717, 1.165) is 39.1 Å². The highest BCUT2D eigenvalue weighted by Crippen LogP contribution is 2.08. The van der Waals surface area contributed by atoms with E-state index in [1.165, 1.54) is 0 Å². The minimum atomic E-state index is -0.687. The molecule has 1 N–H and O–H groups in total. The Hall–Kier alpha value is -0.610. The quantitative estimate of drug-likeness (QED) is 0.791. The zero-order chi connectivity index (χ0) is 12.8. The molecule has 1 heterocycles. The lowest BCUT2D eigenvalue weighted by Gasteiger charge is -2.24. The van der Waals surface area contributed by atoms with Crippen LogP contribution in [0.25, 0.3) is 0 Å². The van der Waals surface area contributed by atoms with E-state index in [2.05, 4.69) is 23.6 Å². The average Bonchev–Trinajstić information content (AvgIpc) is 2.43. The molecule has 0 aromatic carbocycles. The van der Waals surface area contributed by atoms with Gasteiger partial charge in [0.25, 0.3) is 0 Å². The van der Waals surface area contributed by atoms with Crippen LogP contribution in [-0.4, -0.2) is 60.1 Å². The molecule has 1 saturated heterocycles. The molecule has 1 aliphatic heterocycles. The predicted molar refractivity (Wildman–Crippen MR) is 69.1 cm³/mol. The average molecular weight is 242 g/mol. The van der Waals surface area contributed by atoms with Crippen LogP contribution in [0.4, 0.5) is 0 Å². The highest BCUT2D eigenvalue weighted by molar-refractivity contribution is 5.69. The van der Waals surface area contributed by atoms with E-state index < -0.39 is 5.97 Å². The molecule has 1 fully saturated rings. The molecular formula is C13H26N2O2. The molecule has 0 aromatic heterocycles. The van der Waals surface area contributed by atoms with Crippen LogP contribution in [0.1, 0.15) is 27.2 Å². The number of rotatable bonds is 5. The lowest BCUT2D eigenvalue weighted by Crippen LogP contribution is -2.36. The highest BCUT2D eigenvalue weighted by Gasteiger charge is 2.19. The van der Waals surface area contributed by atoms with Crippen molar-refractivity contribution in [2.45, 2.75) is 27.2 Å². The van der Waals surface area contributed by atoms with Gasteiger partial charge in [0.2, 0.25) is 0 Å². The van der Waals surface area contributed by atoms with Crippen LogP contribution in [0.15, 0.2) is 0 Å². The maximum atomic E-state index is 10.8. The van der Waals surface area contributed by atoms with Gasteiger partial charge in [-0.3, -0.25) is 4.79 Å². The molecule has 1 rings (SSSR count). The van der Waals surface area contributed by atoms with Crippen molar-refractivity contribution in [1.82, 2.24) is 9.80 Å². The molecule has 0 amide bonds. The van der Waals surface area contributed by atoms with Crippen molar-refractivity contribution in [2.24, 2.45) is 11.8 Å². The summed E-state index contributed by atoms with van der Waals surface area (Å²) < 4.78 is 0. The largest absolute Gasteiger partial charge is 0.481 e. The maximum absolute atomic E-state index is 10.8. The van der Waals surface area contributed by atoms with Gasteiger partial charge < -0.3 is 14.9 Å². The van der Waals surface area contributed by atoms with Crippen molar-refractivity contribution in [1.29, 1.82) is 0 Å². The minimum absolute atomic E-state index is 0.258. The van der Waals surface area contributed by atoms with E-state index in [1.54, 1.807) is 6.92 Å². The minimum Gasteiger partial charge on any atom is -0.481 e. The Bertz CT molecular complexity index is 244. The van der Waals surface area contributed by atoms with Crippen molar-refractivity contribution in [3.8, 4) is 0 Å². The summed E-state index contributed by atoms with van der Waals surface area (Å²) in [7, 11) is 0. The van der Waals surface area contributed by atoms with Crippen LogP contribution in [0.3, 0.4) is 0 Å². The van der Waals surface area contributed by atoms with Gasteiger partial charge in [0.15, 0.2) is 0 Å². The summed E-state index contributed by atoms with van der Waals surface area (Å²) in [5, 5.41) is 8.92. The summed E-state index contributed by atoms with van der Waals surface area (Å²) >= 11 is 0. The van der Waals surface area contributed by atoms with Gasteiger partial charge in [-0.25, -0.2) is 0 Å². The number of aliphatic carboxylic acids is 1. The number of hydrogen-bond donors (Lipinski definition) is 1. The molecule has 1 atom stereocenters. The third-order valence-electron chi connectivity index (χ3n) is 3.26. The van der Waals surface area contributed by atoms with Crippen LogP contribution < -0.4 is 0 Å². The van der Waals surface area contributed by atoms with Gasteiger partial charge >= 0.3 is 5.97 Å². The fraction of sp³-hybridized carbons (Fsp3) is 0.923. The standard InChI is InChI=1S/C13H26N2O2/c1-11(2)9-14-5-4-6-15(8-7-14)10-12(3)13(16)17/h11-12H,4-10H2,1-3H3,(H,16,17).